The van der Waals surface area contributed by atoms with Crippen molar-refractivity contribution >= 4 is 5.69 Å². The van der Waals surface area contributed by atoms with Gasteiger partial charge in [0.25, 0.3) is 0 Å². The highest BCUT2D eigenvalue weighted by atomic mass is 16.5. The van der Waals surface area contributed by atoms with Crippen LogP contribution < -0.4 is 15.0 Å². The highest BCUT2D eigenvalue weighted by Crippen LogP contribution is 2.34. The molecule has 3 nitrogen and oxygen atoms in total. The topological polar surface area (TPSA) is 24.5 Å². The molecule has 0 radical (unpaired) electrons. The van der Waals surface area contributed by atoms with Gasteiger partial charge < -0.3 is 15.0 Å². The summed E-state index contributed by atoms with van der Waals surface area (Å²) in [5, 5.41) is 3.63. The van der Waals surface area contributed by atoms with E-state index in [-0.39, 0.29) is 0 Å². The van der Waals surface area contributed by atoms with Crippen LogP contribution in [-0.2, 0) is 6.42 Å². The van der Waals surface area contributed by atoms with Crippen molar-refractivity contribution in [2.45, 2.75) is 51.2 Å². The van der Waals surface area contributed by atoms with E-state index in [1.807, 2.05) is 0 Å². The molecule has 3 rings (SSSR count). The Balaban J connectivity index is 1.73. The summed E-state index contributed by atoms with van der Waals surface area (Å²) in [5.41, 5.74) is 2.68. The third kappa shape index (κ3) is 2.93. The number of hydrogen-bond donors (Lipinski definition) is 1. The third-order valence-electron chi connectivity index (χ3n) is 4.56. The maximum absolute atomic E-state index is 6.04. The molecule has 0 bridgehead atoms. The monoisotopic (exact) mass is 274 g/mol. The zero-order valence-electron chi connectivity index (χ0n) is 12.7. The first-order valence-electron chi connectivity index (χ1n) is 8.00. The number of piperidine rings is 1. The van der Waals surface area contributed by atoms with E-state index in [4.69, 9.17) is 4.74 Å². The molecule has 0 amide bonds. The fraction of sp³-hybridized carbons (Fsp3) is 0.647. The Morgan fingerprint density at radius 1 is 1.35 bits per heavy atom. The quantitative estimate of drug-likeness (QED) is 0.917. The van der Waals surface area contributed by atoms with Crippen LogP contribution in [0, 0.1) is 0 Å². The number of likely N-dealkylation sites (N-methyl/N-ethyl adjacent to an activating group) is 1. The predicted octanol–water partition coefficient (Wildman–Crippen LogP) is 2.98. The van der Waals surface area contributed by atoms with Crippen molar-refractivity contribution < 1.29 is 4.74 Å². The molecule has 2 atom stereocenters. The van der Waals surface area contributed by atoms with Crippen LogP contribution in [0.4, 0.5) is 5.69 Å². The van der Waals surface area contributed by atoms with Gasteiger partial charge in [-0.25, -0.2) is 0 Å². The summed E-state index contributed by atoms with van der Waals surface area (Å²) in [4.78, 5) is 2.34. The number of nitrogens with one attached hydrogen (secondary N) is 1. The second-order valence-electron chi connectivity index (χ2n) is 6.18. The van der Waals surface area contributed by atoms with Crippen molar-refractivity contribution in [2.75, 3.05) is 25.0 Å². The van der Waals surface area contributed by atoms with Crippen molar-refractivity contribution in [2.24, 2.45) is 0 Å². The zero-order chi connectivity index (χ0) is 13.9. The SMILES string of the molecule is CCC1CN(C)c2cc(CC3CCCCN3)ccc2O1. The first-order chi connectivity index (χ1) is 9.76. The van der Waals surface area contributed by atoms with Crippen LogP contribution in [0.3, 0.4) is 0 Å². The molecule has 0 aromatic heterocycles. The van der Waals surface area contributed by atoms with E-state index in [0.717, 1.165) is 25.1 Å². The maximum Gasteiger partial charge on any atom is 0.143 e. The Kier molecular flexibility index (Phi) is 4.16. The van der Waals surface area contributed by atoms with Crippen LogP contribution >= 0.6 is 0 Å². The summed E-state index contributed by atoms with van der Waals surface area (Å²) in [6, 6.07) is 7.37. The van der Waals surface area contributed by atoms with Gasteiger partial charge in [0, 0.05) is 13.1 Å². The Hall–Kier alpha value is -1.22. The summed E-state index contributed by atoms with van der Waals surface area (Å²) in [6.45, 7) is 4.36. The maximum atomic E-state index is 6.04. The van der Waals surface area contributed by atoms with Gasteiger partial charge in [-0.15, -0.1) is 0 Å². The van der Waals surface area contributed by atoms with Crippen LogP contribution in [0.5, 0.6) is 5.75 Å². The molecule has 1 N–H and O–H groups in total. The van der Waals surface area contributed by atoms with Crippen molar-refractivity contribution in [1.82, 2.24) is 5.32 Å². The van der Waals surface area contributed by atoms with Crippen LogP contribution in [-0.4, -0.2) is 32.3 Å². The average Bonchev–Trinajstić information content (AvgIpc) is 2.48. The summed E-state index contributed by atoms with van der Waals surface area (Å²) < 4.78 is 6.04. The lowest BCUT2D eigenvalue weighted by molar-refractivity contribution is 0.191. The minimum absolute atomic E-state index is 0.332. The molecule has 0 saturated carbocycles. The van der Waals surface area contributed by atoms with E-state index in [9.17, 15) is 0 Å². The number of benzene rings is 1. The summed E-state index contributed by atoms with van der Waals surface area (Å²) in [7, 11) is 2.17. The van der Waals surface area contributed by atoms with Gasteiger partial charge in [0.2, 0.25) is 0 Å². The lowest BCUT2D eigenvalue weighted by Crippen LogP contribution is -2.37. The number of hydrogen-bond acceptors (Lipinski definition) is 3. The van der Waals surface area contributed by atoms with E-state index < -0.39 is 0 Å². The second-order valence-corrected chi connectivity index (χ2v) is 6.18. The van der Waals surface area contributed by atoms with Crippen molar-refractivity contribution in [1.29, 1.82) is 0 Å². The molecule has 2 aliphatic rings. The summed E-state index contributed by atoms with van der Waals surface area (Å²) in [6.07, 6.45) is 6.54. The fourth-order valence-electron chi connectivity index (χ4n) is 3.30. The van der Waals surface area contributed by atoms with E-state index in [0.29, 0.717) is 12.1 Å². The normalized spacial score (nSPS) is 26.0. The Morgan fingerprint density at radius 2 is 2.25 bits per heavy atom. The lowest BCUT2D eigenvalue weighted by atomic mass is 9.97. The Bertz CT molecular complexity index is 454. The first kappa shape index (κ1) is 13.7. The fourth-order valence-corrected chi connectivity index (χ4v) is 3.30. The van der Waals surface area contributed by atoms with Gasteiger partial charge >= 0.3 is 0 Å². The van der Waals surface area contributed by atoms with Crippen molar-refractivity contribution in [3.63, 3.8) is 0 Å². The molecule has 1 saturated heterocycles. The minimum Gasteiger partial charge on any atom is -0.486 e. The molecule has 3 heteroatoms. The zero-order valence-corrected chi connectivity index (χ0v) is 12.7. The Labute approximate surface area is 122 Å². The third-order valence-corrected chi connectivity index (χ3v) is 4.56. The van der Waals surface area contributed by atoms with E-state index in [1.165, 1.54) is 37.1 Å². The van der Waals surface area contributed by atoms with Crippen LogP contribution in [0.2, 0.25) is 0 Å². The standard InChI is InChI=1S/C17H26N2O/c1-3-15-12-19(2)16-11-13(7-8-17(16)20-15)10-14-6-4-5-9-18-14/h7-8,11,14-15,18H,3-6,9-10,12H2,1-2H3. The highest BCUT2D eigenvalue weighted by Gasteiger charge is 2.23. The van der Waals surface area contributed by atoms with Crippen LogP contribution in [0.1, 0.15) is 38.2 Å². The van der Waals surface area contributed by atoms with Crippen LogP contribution in [0.25, 0.3) is 0 Å². The smallest absolute Gasteiger partial charge is 0.143 e. The van der Waals surface area contributed by atoms with E-state index in [2.05, 4.69) is 42.4 Å². The molecular formula is C17H26N2O. The summed E-state index contributed by atoms with van der Waals surface area (Å²) in [5.74, 6) is 1.05. The molecule has 2 unspecified atom stereocenters. The van der Waals surface area contributed by atoms with Gasteiger partial charge in [0.1, 0.15) is 11.9 Å². The molecule has 2 aliphatic heterocycles. The predicted molar refractivity (Wildman–Crippen MR) is 83.8 cm³/mol. The minimum atomic E-state index is 0.332. The van der Waals surface area contributed by atoms with Crippen LogP contribution in [0.15, 0.2) is 18.2 Å². The number of fused-ring (bicyclic) bond motifs is 1. The van der Waals surface area contributed by atoms with Crippen molar-refractivity contribution in [3.8, 4) is 5.75 Å². The lowest BCUT2D eigenvalue weighted by Gasteiger charge is -2.34. The molecule has 2 heterocycles. The molecule has 0 spiro atoms. The first-order valence-corrected chi connectivity index (χ1v) is 8.00. The molecule has 1 fully saturated rings. The molecule has 0 aliphatic carbocycles. The highest BCUT2D eigenvalue weighted by molar-refractivity contribution is 5.61. The molecular weight excluding hydrogens is 248 g/mol. The van der Waals surface area contributed by atoms with Gasteiger partial charge in [-0.05, 0) is 49.9 Å². The number of nitrogens with zero attached hydrogens (tertiary/aromatic N) is 1. The Morgan fingerprint density at radius 3 is 3.00 bits per heavy atom. The number of anilines is 1. The second kappa shape index (κ2) is 6.04. The van der Waals surface area contributed by atoms with Gasteiger partial charge in [-0.3, -0.25) is 0 Å². The molecule has 20 heavy (non-hydrogen) atoms. The molecule has 1 aromatic carbocycles. The van der Waals surface area contributed by atoms with Gasteiger partial charge in [0.15, 0.2) is 0 Å². The largest absolute Gasteiger partial charge is 0.486 e. The van der Waals surface area contributed by atoms with Gasteiger partial charge in [-0.1, -0.05) is 19.4 Å². The molecule has 110 valence electrons. The van der Waals surface area contributed by atoms with E-state index in [1.54, 1.807) is 0 Å². The summed E-state index contributed by atoms with van der Waals surface area (Å²) >= 11 is 0. The molecule has 1 aromatic rings. The van der Waals surface area contributed by atoms with Crippen molar-refractivity contribution in [3.05, 3.63) is 23.8 Å². The van der Waals surface area contributed by atoms with Gasteiger partial charge in [0.05, 0.1) is 12.2 Å². The van der Waals surface area contributed by atoms with Gasteiger partial charge in [-0.2, -0.15) is 0 Å². The number of rotatable bonds is 3. The van der Waals surface area contributed by atoms with E-state index >= 15 is 0 Å². The average molecular weight is 274 g/mol. The number of ether oxygens (including phenoxy) is 1.